The number of benzene rings is 1. The van der Waals surface area contributed by atoms with E-state index in [9.17, 15) is 18.0 Å². The van der Waals surface area contributed by atoms with Gasteiger partial charge in [-0.2, -0.15) is 13.2 Å². The first kappa shape index (κ1) is 25.9. The van der Waals surface area contributed by atoms with Crippen molar-refractivity contribution in [1.29, 1.82) is 0 Å². The zero-order chi connectivity index (χ0) is 27.3. The Morgan fingerprint density at radius 3 is 2.59 bits per heavy atom. The molecule has 4 heterocycles. The number of piperidine rings is 1. The second-order valence-corrected chi connectivity index (χ2v) is 11.3. The molecule has 1 unspecified atom stereocenters. The summed E-state index contributed by atoms with van der Waals surface area (Å²) in [6, 6.07) is 8.67. The first-order valence-electron chi connectivity index (χ1n) is 13.7. The molecule has 39 heavy (non-hydrogen) atoms. The predicted molar refractivity (Wildman–Crippen MR) is 142 cm³/mol. The highest BCUT2D eigenvalue weighted by atomic mass is 19.4. The molecule has 10 heteroatoms. The van der Waals surface area contributed by atoms with Crippen LogP contribution < -0.4 is 5.69 Å². The lowest BCUT2D eigenvalue weighted by Gasteiger charge is -2.34. The first-order chi connectivity index (χ1) is 18.7. The molecule has 2 aliphatic rings. The Hall–Kier alpha value is -3.40. The zero-order valence-corrected chi connectivity index (χ0v) is 22.2. The van der Waals surface area contributed by atoms with Crippen LogP contribution in [0.3, 0.4) is 0 Å². The average Bonchev–Trinajstić information content (AvgIpc) is 3.43. The van der Waals surface area contributed by atoms with Crippen LogP contribution in [0.1, 0.15) is 67.5 Å². The maximum atomic E-state index is 14.2. The van der Waals surface area contributed by atoms with Crippen molar-refractivity contribution in [2.45, 2.75) is 64.7 Å². The molecular weight excluding hydrogens is 505 g/mol. The largest absolute Gasteiger partial charge is 0.418 e. The molecule has 2 fully saturated rings. The van der Waals surface area contributed by atoms with E-state index in [0.29, 0.717) is 29.6 Å². The Kier molecular flexibility index (Phi) is 6.61. The molecule has 1 saturated heterocycles. The van der Waals surface area contributed by atoms with E-state index in [1.54, 1.807) is 18.5 Å². The van der Waals surface area contributed by atoms with Crippen molar-refractivity contribution in [2.24, 2.45) is 11.8 Å². The quantitative estimate of drug-likeness (QED) is 0.319. The van der Waals surface area contributed by atoms with E-state index in [4.69, 9.17) is 0 Å². The number of imidazole rings is 1. The number of aryl methyl sites for hydroxylation is 1. The van der Waals surface area contributed by atoms with Gasteiger partial charge in [0.2, 0.25) is 0 Å². The van der Waals surface area contributed by atoms with E-state index in [-0.39, 0.29) is 11.6 Å². The van der Waals surface area contributed by atoms with Crippen molar-refractivity contribution in [1.82, 2.24) is 28.9 Å². The number of hydrogen-bond donors (Lipinski definition) is 0. The van der Waals surface area contributed by atoms with Crippen LogP contribution in [0, 0.1) is 18.8 Å². The third kappa shape index (κ3) is 4.90. The number of likely N-dealkylation sites (tertiary alicyclic amines) is 1. The van der Waals surface area contributed by atoms with Gasteiger partial charge < -0.3 is 0 Å². The molecule has 0 bridgehead atoms. The number of aromatic nitrogens is 5. The van der Waals surface area contributed by atoms with Crippen LogP contribution >= 0.6 is 0 Å². The van der Waals surface area contributed by atoms with E-state index in [0.717, 1.165) is 60.9 Å². The summed E-state index contributed by atoms with van der Waals surface area (Å²) in [4.78, 5) is 15.8. The summed E-state index contributed by atoms with van der Waals surface area (Å²) in [5.41, 5.74) is 1.48. The third-order valence-corrected chi connectivity index (χ3v) is 8.38. The van der Waals surface area contributed by atoms with E-state index in [2.05, 4.69) is 22.1 Å². The predicted octanol–water partition coefficient (Wildman–Crippen LogP) is 5.63. The minimum Gasteiger partial charge on any atom is -0.299 e. The molecule has 4 aromatic rings. The maximum absolute atomic E-state index is 14.2. The first-order valence-corrected chi connectivity index (χ1v) is 13.7. The highest BCUT2D eigenvalue weighted by Gasteiger charge is 2.35. The van der Waals surface area contributed by atoms with Gasteiger partial charge in [-0.3, -0.25) is 13.9 Å². The summed E-state index contributed by atoms with van der Waals surface area (Å²) in [5, 5.41) is 8.38. The van der Waals surface area contributed by atoms with E-state index in [1.807, 2.05) is 29.8 Å². The fraction of sp³-hybridized carbons (Fsp3) is 0.483. The molecule has 0 spiro atoms. The lowest BCUT2D eigenvalue weighted by Crippen LogP contribution is -2.34. The third-order valence-electron chi connectivity index (χ3n) is 8.38. The van der Waals surface area contributed by atoms with Gasteiger partial charge in [0.25, 0.3) is 0 Å². The zero-order valence-electron chi connectivity index (χ0n) is 22.2. The number of alkyl halides is 3. The molecule has 0 amide bonds. The normalized spacial score (nSPS) is 19.9. The molecule has 1 aliphatic carbocycles. The molecule has 0 radical (unpaired) electrons. The Balaban J connectivity index is 1.42. The fourth-order valence-electron chi connectivity index (χ4n) is 6.23. The van der Waals surface area contributed by atoms with Crippen molar-refractivity contribution < 1.29 is 13.2 Å². The number of rotatable bonds is 6. The molecule has 7 nitrogen and oxygen atoms in total. The molecule has 1 saturated carbocycles. The van der Waals surface area contributed by atoms with Crippen molar-refractivity contribution in [2.75, 3.05) is 13.1 Å². The second kappa shape index (κ2) is 9.97. The second-order valence-electron chi connectivity index (χ2n) is 11.3. The Labute approximate surface area is 224 Å². The van der Waals surface area contributed by atoms with Gasteiger partial charge in [-0.15, -0.1) is 5.10 Å². The smallest absolute Gasteiger partial charge is 0.299 e. The molecule has 3 aromatic heterocycles. The van der Waals surface area contributed by atoms with Crippen LogP contribution in [0.15, 0.2) is 53.7 Å². The van der Waals surface area contributed by atoms with Crippen LogP contribution in [0.5, 0.6) is 0 Å². The summed E-state index contributed by atoms with van der Waals surface area (Å²) < 4.78 is 47.1. The van der Waals surface area contributed by atoms with Crippen molar-refractivity contribution in [3.63, 3.8) is 0 Å². The van der Waals surface area contributed by atoms with E-state index in [1.165, 1.54) is 16.8 Å². The minimum atomic E-state index is -4.59. The molecule has 2 atom stereocenters. The number of halogens is 3. The monoisotopic (exact) mass is 538 g/mol. The summed E-state index contributed by atoms with van der Waals surface area (Å²) in [6.07, 6.45) is 5.46. The number of nitrogens with zero attached hydrogens (tertiary/aromatic N) is 6. The number of fused-ring (bicyclic) bond motifs is 1. The summed E-state index contributed by atoms with van der Waals surface area (Å²) in [6.45, 7) is 6.20. The Morgan fingerprint density at radius 1 is 1.10 bits per heavy atom. The SMILES string of the molecule is Cc1cnnn1C(c1cccc(-n2cc3c(C(F)(F)F)cc(CN4CCC[C@H](C)C4)cn3c2=O)c1)C1CCC1. The van der Waals surface area contributed by atoms with Gasteiger partial charge in [-0.25, -0.2) is 9.48 Å². The van der Waals surface area contributed by atoms with Crippen molar-refractivity contribution in [3.8, 4) is 5.69 Å². The van der Waals surface area contributed by atoms with Crippen LogP contribution in [-0.4, -0.2) is 42.0 Å². The average molecular weight is 539 g/mol. The summed E-state index contributed by atoms with van der Waals surface area (Å²) in [7, 11) is 0. The Bertz CT molecular complexity index is 1550. The molecule has 206 valence electrons. The van der Waals surface area contributed by atoms with E-state index >= 15 is 0 Å². The van der Waals surface area contributed by atoms with Crippen LogP contribution in [0.2, 0.25) is 0 Å². The Morgan fingerprint density at radius 2 is 1.92 bits per heavy atom. The van der Waals surface area contributed by atoms with Gasteiger partial charge in [0.1, 0.15) is 0 Å². The summed E-state index contributed by atoms with van der Waals surface area (Å²) >= 11 is 0. The topological polar surface area (TPSA) is 60.4 Å². The highest BCUT2D eigenvalue weighted by Crippen LogP contribution is 2.41. The van der Waals surface area contributed by atoms with Crippen LogP contribution in [0.4, 0.5) is 13.2 Å². The van der Waals surface area contributed by atoms with Crippen LogP contribution in [-0.2, 0) is 12.7 Å². The van der Waals surface area contributed by atoms with Gasteiger partial charge >= 0.3 is 11.9 Å². The molecular formula is C29H33F3N6O. The van der Waals surface area contributed by atoms with E-state index < -0.39 is 17.4 Å². The highest BCUT2D eigenvalue weighted by molar-refractivity contribution is 5.58. The van der Waals surface area contributed by atoms with Gasteiger partial charge in [-0.1, -0.05) is 30.7 Å². The fourth-order valence-corrected chi connectivity index (χ4v) is 6.23. The minimum absolute atomic E-state index is 0.0433. The summed E-state index contributed by atoms with van der Waals surface area (Å²) in [5.74, 6) is 0.896. The maximum Gasteiger partial charge on any atom is 0.418 e. The number of hydrogen-bond acceptors (Lipinski definition) is 4. The molecule has 1 aromatic carbocycles. The molecule has 1 aliphatic heterocycles. The lowest BCUT2D eigenvalue weighted by atomic mass is 9.77. The van der Waals surface area contributed by atoms with Gasteiger partial charge in [-0.05, 0) is 80.3 Å². The van der Waals surface area contributed by atoms with Crippen LogP contribution in [0.25, 0.3) is 11.2 Å². The molecule has 0 N–H and O–H groups in total. The lowest BCUT2D eigenvalue weighted by molar-refractivity contribution is -0.136. The van der Waals surface area contributed by atoms with Gasteiger partial charge in [0, 0.05) is 25.5 Å². The molecule has 6 rings (SSSR count). The number of pyridine rings is 1. The van der Waals surface area contributed by atoms with Gasteiger partial charge in [0.15, 0.2) is 0 Å². The van der Waals surface area contributed by atoms with Crippen molar-refractivity contribution in [3.05, 3.63) is 81.8 Å². The van der Waals surface area contributed by atoms with Crippen molar-refractivity contribution >= 4 is 5.52 Å². The standard InChI is InChI=1S/C29H33F3N6O/c1-19-6-5-11-35(15-19)16-21-12-25(29(30,31)32)26-18-36(28(39)37(26)17-21)24-10-4-9-23(13-24)27(22-7-3-8-22)38-20(2)14-33-34-38/h4,9-10,12-14,17-19,22,27H,3,5-8,11,15-16H2,1-2H3/t19-,27?/m0/s1. The van der Waals surface area contributed by atoms with Gasteiger partial charge in [0.05, 0.1) is 34.7 Å².